The molecule has 0 bridgehead atoms. The molecule has 1 aromatic heterocycles. The SMILES string of the molecule is C[C@](N)(C(=O)O)n1cccc1. The molecule has 0 amide bonds. The third-order valence-corrected chi connectivity index (χ3v) is 1.57. The second kappa shape index (κ2) is 2.39. The average Bonchev–Trinajstić information content (AvgIpc) is 2.37. The van der Waals surface area contributed by atoms with Crippen molar-refractivity contribution in [1.29, 1.82) is 0 Å². The quantitative estimate of drug-likeness (QED) is 0.639. The van der Waals surface area contributed by atoms with E-state index in [0.717, 1.165) is 0 Å². The third-order valence-electron chi connectivity index (χ3n) is 1.57. The van der Waals surface area contributed by atoms with Crippen molar-refractivity contribution in [3.05, 3.63) is 24.5 Å². The lowest BCUT2D eigenvalue weighted by Gasteiger charge is -2.20. The van der Waals surface area contributed by atoms with E-state index in [1.54, 1.807) is 24.5 Å². The zero-order valence-electron chi connectivity index (χ0n) is 6.19. The van der Waals surface area contributed by atoms with Gasteiger partial charge in [-0.1, -0.05) is 0 Å². The van der Waals surface area contributed by atoms with Gasteiger partial charge in [0.2, 0.25) is 0 Å². The largest absolute Gasteiger partial charge is 0.478 e. The number of carboxylic acid groups (broad SMARTS) is 1. The van der Waals surface area contributed by atoms with E-state index in [1.165, 1.54) is 11.5 Å². The van der Waals surface area contributed by atoms with Gasteiger partial charge in [-0.15, -0.1) is 0 Å². The van der Waals surface area contributed by atoms with E-state index in [4.69, 9.17) is 10.8 Å². The van der Waals surface area contributed by atoms with Crippen molar-refractivity contribution < 1.29 is 9.90 Å². The molecule has 0 aromatic carbocycles. The number of nitrogens with zero attached hydrogens (tertiary/aromatic N) is 1. The first-order chi connectivity index (χ1) is 5.05. The molecule has 0 radical (unpaired) electrons. The second-order valence-corrected chi connectivity index (χ2v) is 2.54. The lowest BCUT2D eigenvalue weighted by molar-refractivity contribution is -0.146. The summed E-state index contributed by atoms with van der Waals surface area (Å²) in [7, 11) is 0. The molecule has 1 aromatic rings. The van der Waals surface area contributed by atoms with E-state index in [1.807, 2.05) is 0 Å². The Kier molecular flexibility index (Phi) is 1.70. The second-order valence-electron chi connectivity index (χ2n) is 2.54. The minimum atomic E-state index is -1.34. The Morgan fingerprint density at radius 3 is 2.36 bits per heavy atom. The summed E-state index contributed by atoms with van der Waals surface area (Å²) < 4.78 is 1.44. The van der Waals surface area contributed by atoms with Crippen LogP contribution in [0.3, 0.4) is 0 Å². The first-order valence-electron chi connectivity index (χ1n) is 3.21. The summed E-state index contributed by atoms with van der Waals surface area (Å²) in [4.78, 5) is 10.6. The van der Waals surface area contributed by atoms with Crippen molar-refractivity contribution in [1.82, 2.24) is 4.57 Å². The summed E-state index contributed by atoms with van der Waals surface area (Å²) in [6, 6.07) is 3.46. The molecule has 0 spiro atoms. The number of nitrogens with two attached hydrogens (primary N) is 1. The van der Waals surface area contributed by atoms with Gasteiger partial charge in [0.15, 0.2) is 5.66 Å². The van der Waals surface area contributed by atoms with Crippen molar-refractivity contribution in [2.45, 2.75) is 12.6 Å². The Balaban J connectivity index is 3.00. The molecule has 0 unspecified atom stereocenters. The van der Waals surface area contributed by atoms with Gasteiger partial charge in [-0.05, 0) is 19.1 Å². The minimum Gasteiger partial charge on any atom is -0.478 e. The minimum absolute atomic E-state index is 1.05. The highest BCUT2D eigenvalue weighted by Crippen LogP contribution is 2.07. The molecule has 1 atom stereocenters. The molecule has 0 fully saturated rings. The zero-order valence-corrected chi connectivity index (χ0v) is 6.19. The summed E-state index contributed by atoms with van der Waals surface area (Å²) in [6.07, 6.45) is 3.24. The fraction of sp³-hybridized carbons (Fsp3) is 0.286. The maximum Gasteiger partial charge on any atom is 0.344 e. The number of hydrogen-bond acceptors (Lipinski definition) is 2. The van der Waals surface area contributed by atoms with Gasteiger partial charge in [-0.2, -0.15) is 0 Å². The third kappa shape index (κ3) is 1.25. The molecule has 3 N–H and O–H groups in total. The highest BCUT2D eigenvalue weighted by atomic mass is 16.4. The van der Waals surface area contributed by atoms with Gasteiger partial charge in [0.1, 0.15) is 0 Å². The predicted octanol–water partition coefficient (Wildman–Crippen LogP) is 0.204. The van der Waals surface area contributed by atoms with Gasteiger partial charge in [-0.25, -0.2) is 4.79 Å². The van der Waals surface area contributed by atoms with E-state index in [2.05, 4.69) is 0 Å². The molecule has 1 heterocycles. The van der Waals surface area contributed by atoms with Crippen molar-refractivity contribution in [3.8, 4) is 0 Å². The average molecular weight is 154 g/mol. The highest BCUT2D eigenvalue weighted by Gasteiger charge is 2.28. The molecule has 0 aliphatic carbocycles. The Hall–Kier alpha value is -1.29. The summed E-state index contributed by atoms with van der Waals surface area (Å²) in [5.74, 6) is -1.05. The number of rotatable bonds is 2. The van der Waals surface area contributed by atoms with Crippen LogP contribution in [0, 0.1) is 0 Å². The number of aliphatic carboxylic acids is 1. The molecule has 1 rings (SSSR count). The van der Waals surface area contributed by atoms with Gasteiger partial charge < -0.3 is 9.67 Å². The van der Waals surface area contributed by atoms with Crippen LogP contribution in [0.1, 0.15) is 6.92 Å². The predicted molar refractivity (Wildman–Crippen MR) is 39.9 cm³/mol. The Bertz CT molecular complexity index is 251. The smallest absolute Gasteiger partial charge is 0.344 e. The van der Waals surface area contributed by atoms with Crippen molar-refractivity contribution >= 4 is 5.97 Å². The zero-order chi connectivity index (χ0) is 8.48. The van der Waals surface area contributed by atoms with Crippen LogP contribution in [0.25, 0.3) is 0 Å². The molecular weight excluding hydrogens is 144 g/mol. The molecule has 0 aliphatic rings. The fourth-order valence-electron chi connectivity index (χ4n) is 0.755. The molecule has 4 nitrogen and oxygen atoms in total. The summed E-state index contributed by atoms with van der Waals surface area (Å²) in [5.41, 5.74) is 4.14. The highest BCUT2D eigenvalue weighted by molar-refractivity contribution is 5.75. The molecule has 11 heavy (non-hydrogen) atoms. The number of carbonyl (C=O) groups is 1. The van der Waals surface area contributed by atoms with Crippen LogP contribution >= 0.6 is 0 Å². The molecule has 60 valence electrons. The summed E-state index contributed by atoms with van der Waals surface area (Å²) in [5, 5.41) is 8.67. The molecule has 4 heteroatoms. The van der Waals surface area contributed by atoms with Crippen LogP contribution < -0.4 is 5.73 Å². The van der Waals surface area contributed by atoms with E-state index in [9.17, 15) is 4.79 Å². The number of aromatic nitrogens is 1. The molecule has 0 saturated heterocycles. The molecular formula is C7H10N2O2. The maximum atomic E-state index is 10.6. The standard InChI is InChI=1S/C7H10N2O2/c1-7(8,6(10)11)9-4-2-3-5-9/h2-5H,8H2,1H3,(H,10,11)/t7-/m1/s1. The first-order valence-corrected chi connectivity index (χ1v) is 3.21. The van der Waals surface area contributed by atoms with E-state index >= 15 is 0 Å². The molecule has 0 aliphatic heterocycles. The number of carboxylic acids is 1. The monoisotopic (exact) mass is 154 g/mol. The topological polar surface area (TPSA) is 68.2 Å². The van der Waals surface area contributed by atoms with E-state index < -0.39 is 11.6 Å². The summed E-state index contributed by atoms with van der Waals surface area (Å²) in [6.45, 7) is 1.44. The fourth-order valence-corrected chi connectivity index (χ4v) is 0.755. The van der Waals surface area contributed by atoms with Gasteiger partial charge in [-0.3, -0.25) is 5.73 Å². The van der Waals surface area contributed by atoms with Crippen molar-refractivity contribution in [3.63, 3.8) is 0 Å². The van der Waals surface area contributed by atoms with Crippen LogP contribution in [0.4, 0.5) is 0 Å². The van der Waals surface area contributed by atoms with Crippen molar-refractivity contribution in [2.75, 3.05) is 0 Å². The van der Waals surface area contributed by atoms with Crippen LogP contribution in [0.15, 0.2) is 24.5 Å². The lowest BCUT2D eigenvalue weighted by atomic mass is 10.2. The van der Waals surface area contributed by atoms with Gasteiger partial charge >= 0.3 is 5.97 Å². The number of hydrogen-bond donors (Lipinski definition) is 2. The van der Waals surface area contributed by atoms with Gasteiger partial charge in [0, 0.05) is 12.4 Å². The van der Waals surface area contributed by atoms with Gasteiger partial charge in [0.05, 0.1) is 0 Å². The van der Waals surface area contributed by atoms with Crippen LogP contribution in [-0.4, -0.2) is 15.6 Å². The summed E-state index contributed by atoms with van der Waals surface area (Å²) >= 11 is 0. The normalized spacial score (nSPS) is 15.8. The van der Waals surface area contributed by atoms with Crippen molar-refractivity contribution in [2.24, 2.45) is 5.73 Å². The lowest BCUT2D eigenvalue weighted by Crippen LogP contribution is -2.46. The first kappa shape index (κ1) is 7.81. The van der Waals surface area contributed by atoms with E-state index in [-0.39, 0.29) is 0 Å². The Labute approximate surface area is 64.2 Å². The Morgan fingerprint density at radius 2 is 2.00 bits per heavy atom. The van der Waals surface area contributed by atoms with Crippen LogP contribution in [0.2, 0.25) is 0 Å². The maximum absolute atomic E-state index is 10.6. The van der Waals surface area contributed by atoms with Gasteiger partial charge in [0.25, 0.3) is 0 Å². The molecule has 0 saturated carbocycles. The van der Waals surface area contributed by atoms with Crippen LogP contribution in [-0.2, 0) is 10.5 Å². The Morgan fingerprint density at radius 1 is 1.55 bits per heavy atom. The van der Waals surface area contributed by atoms with E-state index in [0.29, 0.717) is 0 Å². The van der Waals surface area contributed by atoms with Crippen LogP contribution in [0.5, 0.6) is 0 Å².